The van der Waals surface area contributed by atoms with Crippen molar-refractivity contribution in [2.24, 2.45) is 11.7 Å². The molecule has 1 rings (SSSR count). The van der Waals surface area contributed by atoms with Gasteiger partial charge >= 0.3 is 11.9 Å². The highest BCUT2D eigenvalue weighted by atomic mass is 16.5. The molecule has 0 saturated carbocycles. The highest BCUT2D eigenvalue weighted by Crippen LogP contribution is 2.35. The Labute approximate surface area is 153 Å². The Morgan fingerprint density at radius 1 is 1.31 bits per heavy atom. The average molecular weight is 371 g/mol. The van der Waals surface area contributed by atoms with Crippen LogP contribution in [-0.4, -0.2) is 71.5 Å². The Kier molecular flexibility index (Phi) is 7.70. The maximum Gasteiger partial charge on any atom is 0.332 e. The van der Waals surface area contributed by atoms with E-state index in [9.17, 15) is 24.3 Å². The number of carbonyl (C=O) groups excluding carboxylic acids is 3. The molecule has 1 saturated heterocycles. The van der Waals surface area contributed by atoms with Gasteiger partial charge in [-0.25, -0.2) is 4.79 Å². The number of ketones is 1. The van der Waals surface area contributed by atoms with Crippen LogP contribution in [0.15, 0.2) is 0 Å². The summed E-state index contributed by atoms with van der Waals surface area (Å²) in [5.74, 6) is -3.47. The number of amides is 1. The quantitative estimate of drug-likeness (QED) is 0.365. The zero-order valence-corrected chi connectivity index (χ0v) is 15.8. The molecule has 0 bridgehead atoms. The van der Waals surface area contributed by atoms with E-state index < -0.39 is 41.3 Å². The summed E-state index contributed by atoms with van der Waals surface area (Å²) in [5.41, 5.74) is 3.81. The van der Waals surface area contributed by atoms with Gasteiger partial charge < -0.3 is 20.9 Å². The second kappa shape index (κ2) is 9.09. The number of hydrogen-bond acceptors (Lipinski definition) is 7. The minimum Gasteiger partial charge on any atom is -0.480 e. The topological polar surface area (TPSA) is 139 Å². The minimum absolute atomic E-state index is 0.0414. The molecule has 0 aromatic rings. The van der Waals surface area contributed by atoms with Crippen LogP contribution in [0.4, 0.5) is 0 Å². The minimum atomic E-state index is -1.88. The van der Waals surface area contributed by atoms with Crippen molar-refractivity contribution in [1.82, 2.24) is 10.2 Å². The molecule has 9 nitrogen and oxygen atoms in total. The molecule has 9 heteroatoms. The fraction of sp³-hybridized carbons (Fsp3) is 0.765. The van der Waals surface area contributed by atoms with Crippen molar-refractivity contribution in [2.75, 3.05) is 20.2 Å². The van der Waals surface area contributed by atoms with E-state index in [2.05, 4.69) is 5.32 Å². The van der Waals surface area contributed by atoms with E-state index in [1.165, 1.54) is 18.9 Å². The van der Waals surface area contributed by atoms with E-state index in [1.54, 1.807) is 13.8 Å². The summed E-state index contributed by atoms with van der Waals surface area (Å²) in [4.78, 5) is 50.6. The van der Waals surface area contributed by atoms with Gasteiger partial charge in [0.15, 0.2) is 11.3 Å². The summed E-state index contributed by atoms with van der Waals surface area (Å²) in [7, 11) is 1.48. The lowest BCUT2D eigenvalue weighted by molar-refractivity contribution is -0.163. The molecule has 0 spiro atoms. The smallest absolute Gasteiger partial charge is 0.332 e. The third-order valence-electron chi connectivity index (χ3n) is 4.81. The Bertz CT molecular complexity index is 565. The van der Waals surface area contributed by atoms with Gasteiger partial charge in [0, 0.05) is 19.5 Å². The maximum atomic E-state index is 12.7. The van der Waals surface area contributed by atoms with Gasteiger partial charge in [-0.15, -0.1) is 0 Å². The molecule has 1 aliphatic heterocycles. The zero-order valence-electron chi connectivity index (χ0n) is 15.8. The summed E-state index contributed by atoms with van der Waals surface area (Å²) in [6.45, 7) is 5.04. The highest BCUT2D eigenvalue weighted by molar-refractivity contribution is 6.10. The molecule has 0 aromatic carbocycles. The maximum absolute atomic E-state index is 12.7. The monoisotopic (exact) mass is 371 g/mol. The number of nitrogens with zero attached hydrogens (tertiary/aromatic N) is 1. The summed E-state index contributed by atoms with van der Waals surface area (Å²) >= 11 is 0. The van der Waals surface area contributed by atoms with Gasteiger partial charge in [0.2, 0.25) is 5.91 Å². The van der Waals surface area contributed by atoms with Crippen molar-refractivity contribution < 1.29 is 29.0 Å². The largest absolute Gasteiger partial charge is 0.480 e. The molecule has 1 amide bonds. The van der Waals surface area contributed by atoms with E-state index in [-0.39, 0.29) is 31.9 Å². The standard InChI is InChI=1S/C17H29N3O6/c1-5-26-15(23)12(9-10(2)14(22)19-4)20-8-6-7-17(20,16(24)25)13(21)11(3)18/h10-12H,5-9,18H2,1-4H3,(H,19,22)(H,24,25). The van der Waals surface area contributed by atoms with Crippen molar-refractivity contribution in [2.45, 2.75) is 57.7 Å². The van der Waals surface area contributed by atoms with Crippen LogP contribution in [0.3, 0.4) is 0 Å². The summed E-state index contributed by atoms with van der Waals surface area (Å²) in [6, 6.07) is -2.02. The average Bonchev–Trinajstić information content (AvgIpc) is 3.03. The second-order valence-electron chi connectivity index (χ2n) is 6.63. The van der Waals surface area contributed by atoms with Crippen LogP contribution in [0.25, 0.3) is 0 Å². The zero-order chi connectivity index (χ0) is 20.1. The Morgan fingerprint density at radius 2 is 1.92 bits per heavy atom. The highest BCUT2D eigenvalue weighted by Gasteiger charge is 2.58. The van der Waals surface area contributed by atoms with Gasteiger partial charge in [-0.3, -0.25) is 19.3 Å². The number of carboxylic acids is 1. The Morgan fingerprint density at radius 3 is 2.38 bits per heavy atom. The first-order valence-electron chi connectivity index (χ1n) is 8.81. The van der Waals surface area contributed by atoms with Gasteiger partial charge in [-0.2, -0.15) is 0 Å². The van der Waals surface area contributed by atoms with Crippen molar-refractivity contribution in [1.29, 1.82) is 0 Å². The van der Waals surface area contributed by atoms with Gasteiger partial charge in [-0.05, 0) is 33.1 Å². The van der Waals surface area contributed by atoms with Crippen LogP contribution in [-0.2, 0) is 23.9 Å². The number of carbonyl (C=O) groups is 4. The number of ether oxygens (including phenoxy) is 1. The normalized spacial score (nSPS) is 23.7. The molecule has 4 N–H and O–H groups in total. The molecule has 1 aliphatic rings. The van der Waals surface area contributed by atoms with Crippen LogP contribution in [0.5, 0.6) is 0 Å². The SMILES string of the molecule is CCOC(=O)C(CC(C)C(=O)NC)N1CCCC1(C(=O)O)C(=O)C(C)N. The van der Waals surface area contributed by atoms with Crippen molar-refractivity contribution in [3.8, 4) is 0 Å². The van der Waals surface area contributed by atoms with E-state index in [1.807, 2.05) is 0 Å². The number of esters is 1. The van der Waals surface area contributed by atoms with Crippen molar-refractivity contribution >= 4 is 23.6 Å². The van der Waals surface area contributed by atoms with Crippen LogP contribution in [0.1, 0.15) is 40.0 Å². The molecule has 0 radical (unpaired) electrons. The summed E-state index contributed by atoms with van der Waals surface area (Å²) < 4.78 is 5.10. The third-order valence-corrected chi connectivity index (χ3v) is 4.81. The second-order valence-corrected chi connectivity index (χ2v) is 6.63. The predicted octanol–water partition coefficient (Wildman–Crippen LogP) is -0.474. The molecule has 4 atom stereocenters. The van der Waals surface area contributed by atoms with Gasteiger partial charge in [0.05, 0.1) is 12.6 Å². The van der Waals surface area contributed by atoms with Crippen molar-refractivity contribution in [3.05, 3.63) is 0 Å². The number of carboxylic acid groups (broad SMARTS) is 1. The predicted molar refractivity (Wildman–Crippen MR) is 93.2 cm³/mol. The number of likely N-dealkylation sites (tertiary alicyclic amines) is 1. The van der Waals surface area contributed by atoms with Gasteiger partial charge in [-0.1, -0.05) is 6.92 Å². The van der Waals surface area contributed by atoms with E-state index in [4.69, 9.17) is 10.5 Å². The number of Topliss-reactive ketones (excluding diaryl/α,β-unsaturated/α-hetero) is 1. The van der Waals surface area contributed by atoms with Crippen LogP contribution < -0.4 is 11.1 Å². The number of aliphatic carboxylic acids is 1. The van der Waals surface area contributed by atoms with E-state index in [0.717, 1.165) is 0 Å². The van der Waals surface area contributed by atoms with Crippen LogP contribution in [0, 0.1) is 5.92 Å². The van der Waals surface area contributed by atoms with E-state index >= 15 is 0 Å². The molecule has 0 aromatic heterocycles. The molecular formula is C17H29N3O6. The lowest BCUT2D eigenvalue weighted by Gasteiger charge is -2.39. The van der Waals surface area contributed by atoms with Gasteiger partial charge in [0.1, 0.15) is 6.04 Å². The lowest BCUT2D eigenvalue weighted by atomic mass is 9.85. The first-order chi connectivity index (χ1) is 12.1. The number of rotatable bonds is 9. The Balaban J connectivity index is 3.32. The van der Waals surface area contributed by atoms with Crippen LogP contribution in [0.2, 0.25) is 0 Å². The number of hydrogen-bond donors (Lipinski definition) is 3. The Hall–Kier alpha value is -2.00. The molecule has 1 fully saturated rings. The fourth-order valence-electron chi connectivity index (χ4n) is 3.52. The van der Waals surface area contributed by atoms with E-state index in [0.29, 0.717) is 6.42 Å². The van der Waals surface area contributed by atoms with Crippen molar-refractivity contribution in [3.63, 3.8) is 0 Å². The molecular weight excluding hydrogens is 342 g/mol. The first kappa shape index (κ1) is 22.0. The molecule has 26 heavy (non-hydrogen) atoms. The molecule has 4 unspecified atom stereocenters. The fourth-order valence-corrected chi connectivity index (χ4v) is 3.52. The van der Waals surface area contributed by atoms with Crippen LogP contribution >= 0.6 is 0 Å². The summed E-state index contributed by atoms with van der Waals surface area (Å²) in [5, 5.41) is 12.4. The van der Waals surface area contributed by atoms with Gasteiger partial charge in [0.25, 0.3) is 0 Å². The third kappa shape index (κ3) is 4.21. The number of nitrogens with one attached hydrogen (secondary N) is 1. The lowest BCUT2D eigenvalue weighted by Crippen LogP contribution is -2.64. The number of nitrogens with two attached hydrogens (primary N) is 1. The first-order valence-corrected chi connectivity index (χ1v) is 8.81. The summed E-state index contributed by atoms with van der Waals surface area (Å²) in [6.07, 6.45) is 0.530. The molecule has 148 valence electrons. The molecule has 1 heterocycles. The molecule has 0 aliphatic carbocycles.